The fourth-order valence-electron chi connectivity index (χ4n) is 3.55. The van der Waals surface area contributed by atoms with E-state index in [1.54, 1.807) is 34.1 Å². The van der Waals surface area contributed by atoms with E-state index in [9.17, 15) is 14.4 Å². The summed E-state index contributed by atoms with van der Waals surface area (Å²) >= 11 is 0. The minimum atomic E-state index is -0.159. The lowest BCUT2D eigenvalue weighted by Crippen LogP contribution is -2.39. The van der Waals surface area contributed by atoms with Crippen LogP contribution >= 0.6 is 0 Å². The van der Waals surface area contributed by atoms with Crippen molar-refractivity contribution >= 4 is 23.3 Å². The molecule has 6 nitrogen and oxygen atoms in total. The zero-order valence-corrected chi connectivity index (χ0v) is 15.1. The maximum absolute atomic E-state index is 12.8. The number of carbonyl (C=O) groups is 3. The van der Waals surface area contributed by atoms with E-state index in [0.717, 1.165) is 12.0 Å². The third-order valence-corrected chi connectivity index (χ3v) is 4.90. The summed E-state index contributed by atoms with van der Waals surface area (Å²) in [7, 11) is 0. The highest BCUT2D eigenvalue weighted by Gasteiger charge is 2.30. The fraction of sp³-hybridized carbons (Fsp3) is 0.286. The number of rotatable bonds is 5. The van der Waals surface area contributed by atoms with Gasteiger partial charge in [-0.15, -0.1) is 0 Å². The van der Waals surface area contributed by atoms with Gasteiger partial charge in [-0.25, -0.2) is 0 Å². The summed E-state index contributed by atoms with van der Waals surface area (Å²) in [6.07, 6.45) is 0.809. The summed E-state index contributed by atoms with van der Waals surface area (Å²) in [5.74, 6) is 0.208. The van der Waals surface area contributed by atoms with Crippen LogP contribution in [0.1, 0.15) is 39.6 Å². The highest BCUT2D eigenvalue weighted by Crippen LogP contribution is 2.33. The van der Waals surface area contributed by atoms with Crippen molar-refractivity contribution in [2.75, 3.05) is 24.6 Å². The summed E-state index contributed by atoms with van der Waals surface area (Å²) in [5, 5.41) is 0. The van der Waals surface area contributed by atoms with Gasteiger partial charge in [0.1, 0.15) is 5.75 Å². The molecular weight excluding hydrogens is 344 g/mol. The third kappa shape index (κ3) is 3.07. The number of nitrogens with zero attached hydrogens (tertiary/aromatic N) is 2. The Hall–Kier alpha value is -3.15. The first-order valence-corrected chi connectivity index (χ1v) is 9.06. The van der Waals surface area contributed by atoms with Gasteiger partial charge in [0.25, 0.3) is 11.8 Å². The number of carbonyl (C=O) groups excluding carboxylic acids is 3. The minimum Gasteiger partial charge on any atom is -0.482 e. The number of Topliss-reactive ketones (excluding diaryl/α,β-unsaturated/α-hetero) is 1. The summed E-state index contributed by atoms with van der Waals surface area (Å²) in [6.45, 7) is 3.03. The van der Waals surface area contributed by atoms with E-state index in [1.807, 2.05) is 25.1 Å². The van der Waals surface area contributed by atoms with Crippen LogP contribution in [0.4, 0.5) is 5.69 Å². The summed E-state index contributed by atoms with van der Waals surface area (Å²) in [5.41, 5.74) is 2.68. The molecule has 0 spiro atoms. The van der Waals surface area contributed by atoms with Gasteiger partial charge in [-0.05, 0) is 36.2 Å². The van der Waals surface area contributed by atoms with Crippen LogP contribution < -0.4 is 9.64 Å². The van der Waals surface area contributed by atoms with E-state index in [4.69, 9.17) is 4.74 Å². The quantitative estimate of drug-likeness (QED) is 0.765. The van der Waals surface area contributed by atoms with E-state index in [1.165, 1.54) is 0 Å². The van der Waals surface area contributed by atoms with Crippen molar-refractivity contribution in [1.29, 1.82) is 0 Å². The molecule has 0 bridgehead atoms. The molecule has 2 aromatic rings. The van der Waals surface area contributed by atoms with Crippen molar-refractivity contribution in [1.82, 2.24) is 4.90 Å². The van der Waals surface area contributed by atoms with E-state index in [-0.39, 0.29) is 30.7 Å². The zero-order chi connectivity index (χ0) is 19.0. The highest BCUT2D eigenvalue weighted by atomic mass is 16.5. The number of fused-ring (bicyclic) bond motifs is 2. The number of amides is 2. The van der Waals surface area contributed by atoms with Gasteiger partial charge in [0, 0.05) is 24.2 Å². The molecule has 0 aromatic heterocycles. The molecule has 4 rings (SSSR count). The first-order chi connectivity index (χ1) is 13.1. The Labute approximate surface area is 157 Å². The molecule has 27 heavy (non-hydrogen) atoms. The molecule has 0 saturated carbocycles. The summed E-state index contributed by atoms with van der Waals surface area (Å²) in [6, 6.07) is 12.5. The first kappa shape index (κ1) is 17.3. The van der Waals surface area contributed by atoms with Crippen LogP contribution in [0.5, 0.6) is 5.75 Å². The van der Waals surface area contributed by atoms with Crippen LogP contribution in [0.15, 0.2) is 42.5 Å². The zero-order valence-electron chi connectivity index (χ0n) is 15.1. The summed E-state index contributed by atoms with van der Waals surface area (Å²) in [4.78, 5) is 40.6. The van der Waals surface area contributed by atoms with Gasteiger partial charge in [0.15, 0.2) is 12.4 Å². The molecule has 0 aliphatic carbocycles. The number of ketones is 1. The lowest BCUT2D eigenvalue weighted by atomic mass is 10.1. The molecule has 6 heteroatoms. The van der Waals surface area contributed by atoms with E-state index < -0.39 is 0 Å². The minimum absolute atomic E-state index is 0.00881. The molecule has 2 aromatic carbocycles. The molecule has 0 fully saturated rings. The predicted octanol–water partition coefficient (Wildman–Crippen LogP) is 2.66. The molecule has 138 valence electrons. The predicted molar refractivity (Wildman–Crippen MR) is 100 cm³/mol. The van der Waals surface area contributed by atoms with Gasteiger partial charge < -0.3 is 14.5 Å². The van der Waals surface area contributed by atoms with E-state index in [2.05, 4.69) is 0 Å². The Balaban J connectivity index is 1.55. The van der Waals surface area contributed by atoms with Crippen LogP contribution in [0, 0.1) is 0 Å². The fourth-order valence-corrected chi connectivity index (χ4v) is 3.55. The topological polar surface area (TPSA) is 66.9 Å². The lowest BCUT2D eigenvalue weighted by molar-refractivity contribution is -0.121. The Kier molecular flexibility index (Phi) is 4.39. The lowest BCUT2D eigenvalue weighted by Gasteiger charge is -2.29. The normalized spacial score (nSPS) is 15.4. The largest absolute Gasteiger partial charge is 0.482 e. The Morgan fingerprint density at radius 2 is 1.96 bits per heavy atom. The second kappa shape index (κ2) is 6.87. The average Bonchev–Trinajstić information content (AvgIpc) is 2.99. The van der Waals surface area contributed by atoms with Crippen molar-refractivity contribution in [3.63, 3.8) is 0 Å². The SMILES string of the molecule is CCCN1C(=O)COc2ccc(C(=O)CN3Cc4ccccc4C3=O)cc21. The standard InChI is InChI=1S/C21H20N2O4/c1-2-9-23-17-10-14(7-8-19(17)27-13-20(23)25)18(24)12-22-11-15-5-3-4-6-16(15)21(22)26/h3-8,10H,2,9,11-13H2,1H3. The first-order valence-electron chi connectivity index (χ1n) is 9.06. The molecular formula is C21H20N2O4. The number of anilines is 1. The Morgan fingerprint density at radius 1 is 1.15 bits per heavy atom. The van der Waals surface area contributed by atoms with Gasteiger partial charge in [-0.2, -0.15) is 0 Å². The van der Waals surface area contributed by atoms with E-state index in [0.29, 0.717) is 35.7 Å². The van der Waals surface area contributed by atoms with Gasteiger partial charge in [0.2, 0.25) is 0 Å². The van der Waals surface area contributed by atoms with Gasteiger partial charge >= 0.3 is 0 Å². The molecule has 2 aliphatic rings. The summed E-state index contributed by atoms with van der Waals surface area (Å²) < 4.78 is 5.47. The number of ether oxygens (including phenoxy) is 1. The van der Waals surface area contributed by atoms with E-state index >= 15 is 0 Å². The maximum atomic E-state index is 12.8. The second-order valence-corrected chi connectivity index (χ2v) is 6.76. The molecule has 2 aliphatic heterocycles. The van der Waals surface area contributed by atoms with Gasteiger partial charge in [0.05, 0.1) is 12.2 Å². The maximum Gasteiger partial charge on any atom is 0.265 e. The van der Waals surface area contributed by atoms with Crippen molar-refractivity contribution in [3.8, 4) is 5.75 Å². The van der Waals surface area contributed by atoms with Gasteiger partial charge in [-0.3, -0.25) is 14.4 Å². The number of hydrogen-bond donors (Lipinski definition) is 0. The number of benzene rings is 2. The van der Waals surface area contributed by atoms with Crippen molar-refractivity contribution in [2.45, 2.75) is 19.9 Å². The van der Waals surface area contributed by atoms with Crippen molar-refractivity contribution in [2.24, 2.45) is 0 Å². The molecule has 0 N–H and O–H groups in total. The average molecular weight is 364 g/mol. The smallest absolute Gasteiger partial charge is 0.265 e. The molecule has 2 heterocycles. The van der Waals surface area contributed by atoms with Crippen LogP contribution in [0.3, 0.4) is 0 Å². The second-order valence-electron chi connectivity index (χ2n) is 6.76. The molecule has 0 radical (unpaired) electrons. The monoisotopic (exact) mass is 364 g/mol. The highest BCUT2D eigenvalue weighted by molar-refractivity contribution is 6.05. The van der Waals surface area contributed by atoms with Crippen LogP contribution in [-0.4, -0.2) is 42.2 Å². The molecule has 0 saturated heterocycles. The Morgan fingerprint density at radius 3 is 2.74 bits per heavy atom. The number of hydrogen-bond acceptors (Lipinski definition) is 4. The molecule has 0 unspecified atom stereocenters. The molecule has 2 amide bonds. The molecule has 0 atom stereocenters. The van der Waals surface area contributed by atoms with Gasteiger partial charge in [-0.1, -0.05) is 25.1 Å². The van der Waals surface area contributed by atoms with Crippen LogP contribution in [0.2, 0.25) is 0 Å². The Bertz CT molecular complexity index is 938. The van der Waals surface area contributed by atoms with Crippen LogP contribution in [-0.2, 0) is 11.3 Å². The van der Waals surface area contributed by atoms with Crippen LogP contribution in [0.25, 0.3) is 0 Å². The third-order valence-electron chi connectivity index (χ3n) is 4.90. The van der Waals surface area contributed by atoms with Crippen molar-refractivity contribution < 1.29 is 19.1 Å². The van der Waals surface area contributed by atoms with Crippen molar-refractivity contribution in [3.05, 3.63) is 59.2 Å².